The normalized spacial score (nSPS) is 19.3. The number of aromatic amines is 1. The van der Waals surface area contributed by atoms with Gasteiger partial charge in [0, 0.05) is 11.5 Å². The third-order valence-electron chi connectivity index (χ3n) is 5.34. The summed E-state index contributed by atoms with van der Waals surface area (Å²) in [6.07, 6.45) is 0.143. The number of carboxylic acids is 1. The van der Waals surface area contributed by atoms with Crippen LogP contribution in [0, 0.1) is 0 Å². The van der Waals surface area contributed by atoms with Crippen molar-refractivity contribution in [2.24, 2.45) is 0 Å². The zero-order valence-corrected chi connectivity index (χ0v) is 19.6. The number of carboxylic acid groups (broad SMARTS) is 1. The van der Waals surface area contributed by atoms with E-state index >= 15 is 0 Å². The van der Waals surface area contributed by atoms with Crippen molar-refractivity contribution in [2.45, 2.75) is 29.5 Å². The molecule has 3 aromatic rings. The maximum Gasteiger partial charge on any atom is 0.352 e. The van der Waals surface area contributed by atoms with Gasteiger partial charge < -0.3 is 10.4 Å². The van der Waals surface area contributed by atoms with Gasteiger partial charge in [-0.05, 0) is 32.0 Å². The van der Waals surface area contributed by atoms with Crippen molar-refractivity contribution in [3.8, 4) is 0 Å². The number of nitrogens with one attached hydrogen (secondary N) is 2. The van der Waals surface area contributed by atoms with E-state index in [0.29, 0.717) is 22.3 Å². The van der Waals surface area contributed by atoms with Gasteiger partial charge in [-0.2, -0.15) is 0 Å². The Morgan fingerprint density at radius 2 is 2.06 bits per heavy atom. The Bertz CT molecular complexity index is 1280. The van der Waals surface area contributed by atoms with Crippen molar-refractivity contribution in [2.75, 3.05) is 11.5 Å². The van der Waals surface area contributed by atoms with Crippen LogP contribution in [0.25, 0.3) is 0 Å². The topological polar surface area (TPSA) is 185 Å². The number of benzene rings is 1. The minimum absolute atomic E-state index is 0.0572. The maximum absolute atomic E-state index is 12.8. The van der Waals surface area contributed by atoms with Crippen molar-refractivity contribution in [1.82, 2.24) is 51.0 Å². The number of nitrogens with zero attached hydrogens (tertiary/aromatic N) is 8. The van der Waals surface area contributed by atoms with E-state index in [2.05, 4.69) is 41.5 Å². The van der Waals surface area contributed by atoms with Crippen molar-refractivity contribution in [3.63, 3.8) is 0 Å². The monoisotopic (exact) mass is 514 g/mol. The minimum Gasteiger partial charge on any atom is -0.477 e. The summed E-state index contributed by atoms with van der Waals surface area (Å²) in [6.45, 7) is 0.221. The summed E-state index contributed by atoms with van der Waals surface area (Å²) in [6, 6.07) is 8.43. The molecule has 2 aliphatic rings. The van der Waals surface area contributed by atoms with E-state index < -0.39 is 23.3 Å². The van der Waals surface area contributed by atoms with Gasteiger partial charge in [0.2, 0.25) is 11.1 Å². The van der Waals surface area contributed by atoms with E-state index in [1.165, 1.54) is 33.1 Å². The quantitative estimate of drug-likeness (QED) is 0.241. The highest BCUT2D eigenvalue weighted by atomic mass is 32.2. The Hall–Kier alpha value is -3.79. The number of tetrazole rings is 2. The van der Waals surface area contributed by atoms with E-state index in [4.69, 9.17) is 0 Å². The molecule has 1 saturated heterocycles. The van der Waals surface area contributed by atoms with Gasteiger partial charge in [0.15, 0.2) is 5.82 Å². The summed E-state index contributed by atoms with van der Waals surface area (Å²) >= 11 is 2.66. The second-order valence-electron chi connectivity index (χ2n) is 7.63. The maximum atomic E-state index is 12.8. The van der Waals surface area contributed by atoms with Gasteiger partial charge in [0.05, 0.1) is 6.42 Å². The average Bonchev–Trinajstić information content (AvgIpc) is 3.53. The van der Waals surface area contributed by atoms with Crippen LogP contribution in [0.1, 0.15) is 11.4 Å². The number of carbonyl (C=O) groups excluding carboxylic acids is 2. The van der Waals surface area contributed by atoms with Gasteiger partial charge in [0.25, 0.3) is 5.91 Å². The molecule has 0 unspecified atom stereocenters. The first-order valence-corrected chi connectivity index (χ1v) is 12.4. The number of H-pyrrole nitrogens is 1. The first-order chi connectivity index (χ1) is 17.0. The van der Waals surface area contributed by atoms with Crippen LogP contribution >= 0.6 is 23.5 Å². The number of aromatic nitrogens is 8. The fourth-order valence-corrected chi connectivity index (χ4v) is 6.10. The second-order valence-corrected chi connectivity index (χ2v) is 9.68. The van der Waals surface area contributed by atoms with Crippen LogP contribution in [0.5, 0.6) is 0 Å². The summed E-state index contributed by atoms with van der Waals surface area (Å²) in [5.74, 6) is -0.794. The smallest absolute Gasteiger partial charge is 0.352 e. The molecule has 0 spiro atoms. The molecule has 1 aromatic carbocycles. The van der Waals surface area contributed by atoms with Gasteiger partial charge in [-0.3, -0.25) is 14.5 Å². The van der Waals surface area contributed by atoms with Gasteiger partial charge in [-0.25, -0.2) is 14.6 Å². The number of hydrogen-bond acceptors (Lipinski definition) is 11. The molecule has 0 aliphatic carbocycles. The molecule has 2 atom stereocenters. The number of fused-ring (bicyclic) bond motifs is 1. The van der Waals surface area contributed by atoms with E-state index in [0.717, 1.165) is 5.56 Å². The molecule has 0 bridgehead atoms. The number of thioether (sulfide) groups is 2. The molecule has 0 radical (unpaired) electrons. The molecule has 4 heterocycles. The molecule has 1 fully saturated rings. The number of carbonyl (C=O) groups is 3. The number of hydrogen-bond donors (Lipinski definition) is 3. The van der Waals surface area contributed by atoms with Crippen molar-refractivity contribution in [1.29, 1.82) is 0 Å². The van der Waals surface area contributed by atoms with Gasteiger partial charge in [0.1, 0.15) is 23.7 Å². The lowest BCUT2D eigenvalue weighted by molar-refractivity contribution is -0.150. The first kappa shape index (κ1) is 23.0. The highest BCUT2D eigenvalue weighted by molar-refractivity contribution is 8.01. The fraction of sp³-hybridized carbons (Fsp3) is 0.316. The van der Waals surface area contributed by atoms with Crippen LogP contribution in [0.15, 0.2) is 46.8 Å². The average molecular weight is 515 g/mol. The Labute approximate surface area is 205 Å². The highest BCUT2D eigenvalue weighted by Gasteiger charge is 2.54. The third-order valence-corrected chi connectivity index (χ3v) is 7.72. The van der Waals surface area contributed by atoms with E-state index in [9.17, 15) is 19.5 Å². The molecule has 5 rings (SSSR count). The van der Waals surface area contributed by atoms with Crippen molar-refractivity contribution < 1.29 is 19.5 Å². The van der Waals surface area contributed by atoms with Crippen LogP contribution in [0.4, 0.5) is 0 Å². The summed E-state index contributed by atoms with van der Waals surface area (Å²) in [5, 5.41) is 37.6. The summed E-state index contributed by atoms with van der Waals surface area (Å²) in [7, 11) is 0. The molecule has 16 heteroatoms. The zero-order chi connectivity index (χ0) is 24.4. The molecule has 0 saturated carbocycles. The van der Waals surface area contributed by atoms with Crippen LogP contribution in [0.2, 0.25) is 0 Å². The fourth-order valence-electron chi connectivity index (χ4n) is 3.74. The lowest BCUT2D eigenvalue weighted by Crippen LogP contribution is -2.70. The van der Waals surface area contributed by atoms with Crippen LogP contribution in [-0.4, -0.2) is 91.5 Å². The first-order valence-electron chi connectivity index (χ1n) is 10.4. The molecule has 2 aromatic heterocycles. The Balaban J connectivity index is 1.25. The van der Waals surface area contributed by atoms with Crippen LogP contribution < -0.4 is 5.32 Å². The van der Waals surface area contributed by atoms with E-state index in [1.807, 2.05) is 30.3 Å². The van der Waals surface area contributed by atoms with Gasteiger partial charge >= 0.3 is 5.97 Å². The van der Waals surface area contributed by atoms with E-state index in [1.54, 1.807) is 0 Å². The third kappa shape index (κ3) is 4.74. The summed E-state index contributed by atoms with van der Waals surface area (Å²) in [4.78, 5) is 38.6. The number of aliphatic carboxylic acids is 1. The molecule has 2 aliphatic heterocycles. The largest absolute Gasteiger partial charge is 0.477 e. The second kappa shape index (κ2) is 9.83. The zero-order valence-electron chi connectivity index (χ0n) is 17.9. The minimum atomic E-state index is -1.19. The van der Waals surface area contributed by atoms with E-state index in [-0.39, 0.29) is 30.3 Å². The number of β-lactam (4-membered cyclic amide) rings is 1. The Morgan fingerprint density at radius 3 is 2.80 bits per heavy atom. The Morgan fingerprint density at radius 1 is 1.23 bits per heavy atom. The van der Waals surface area contributed by atoms with Crippen molar-refractivity contribution in [3.05, 3.63) is 53.0 Å². The molecule has 2 amide bonds. The predicted octanol–water partition coefficient (Wildman–Crippen LogP) is -0.692. The lowest BCUT2D eigenvalue weighted by Gasteiger charge is -2.49. The molecule has 35 heavy (non-hydrogen) atoms. The summed E-state index contributed by atoms with van der Waals surface area (Å²) < 4.78 is 1.49. The molecule has 3 N–H and O–H groups in total. The predicted molar refractivity (Wildman–Crippen MR) is 122 cm³/mol. The standard InChI is InChI=1S/C19H18N10O4S2/c30-13(6-10-4-2-1-3-5-10)20-14-16(31)29-15(18(32)33)11(8-34-17(14)29)9-35-19-23-26-27-28(19)7-12-21-24-25-22-12/h1-5,14,17H,6-9H2,(H,20,30)(H,32,33)(H,21,22,24,25)/t14-,17+/m1/s1. The molecular weight excluding hydrogens is 496 g/mol. The molecular formula is C19H18N10O4S2. The van der Waals surface area contributed by atoms with Crippen LogP contribution in [-0.2, 0) is 27.3 Å². The number of amides is 2. The van der Waals surface area contributed by atoms with Gasteiger partial charge in [-0.15, -0.1) is 22.0 Å². The lowest BCUT2D eigenvalue weighted by atomic mass is 10.0. The SMILES string of the molecule is O=C(Cc1ccccc1)N[C@@H]1C(=O)N2C(C(=O)O)=C(CSc3nnnn3Cc3nnn[nH]3)CS[C@@H]12. The number of rotatable bonds is 9. The van der Waals surface area contributed by atoms with Crippen LogP contribution in [0.3, 0.4) is 0 Å². The van der Waals surface area contributed by atoms with Crippen molar-refractivity contribution >= 4 is 41.3 Å². The molecule has 14 nitrogen and oxygen atoms in total. The Kier molecular flexibility index (Phi) is 6.45. The van der Waals surface area contributed by atoms with Gasteiger partial charge in [-0.1, -0.05) is 42.1 Å². The highest BCUT2D eigenvalue weighted by Crippen LogP contribution is 2.41. The summed E-state index contributed by atoms with van der Waals surface area (Å²) in [5.41, 5.74) is 1.34. The molecule has 180 valence electrons.